The molecular weight excluding hydrogens is 474 g/mol. The minimum Gasteiger partial charge on any atom is -0.356 e. The number of aliphatic imine (C=N–C) groups is 1. The molecule has 1 N–H and O–H groups in total. The Kier molecular flexibility index (Phi) is 7.78. The molecule has 9 heteroatoms. The number of guanidine groups is 1. The fourth-order valence-electron chi connectivity index (χ4n) is 3.00. The third kappa shape index (κ3) is 5.21. The quantitative estimate of drug-likeness (QED) is 0.398. The summed E-state index contributed by atoms with van der Waals surface area (Å²) in [7, 11) is 1.83. The van der Waals surface area contributed by atoms with E-state index in [1.165, 1.54) is 6.07 Å². The molecule has 1 fully saturated rings. The minimum atomic E-state index is -0.229. The van der Waals surface area contributed by atoms with Crippen LogP contribution in [0.2, 0.25) is 0 Å². The molecule has 1 aromatic carbocycles. The van der Waals surface area contributed by atoms with Gasteiger partial charge in [0.05, 0.1) is 18.4 Å². The summed E-state index contributed by atoms with van der Waals surface area (Å²) in [5, 5.41) is 7.35. The Morgan fingerprint density at radius 1 is 1.36 bits per heavy atom. The number of carbonyl (C=O) groups excluding carboxylic acids is 1. The third-order valence-electron chi connectivity index (χ3n) is 4.51. The molecule has 2 heterocycles. The summed E-state index contributed by atoms with van der Waals surface area (Å²) in [5.41, 5.74) is 2.22. The number of anilines is 1. The number of nitrogens with zero attached hydrogens (tertiary/aromatic N) is 5. The molecule has 0 saturated carbocycles. The lowest BCUT2D eigenvalue weighted by atomic mass is 10.1. The van der Waals surface area contributed by atoms with E-state index in [0.29, 0.717) is 37.7 Å². The van der Waals surface area contributed by atoms with Crippen LogP contribution >= 0.6 is 24.0 Å². The van der Waals surface area contributed by atoms with Crippen molar-refractivity contribution in [1.82, 2.24) is 20.0 Å². The SMILES string of the molecule is CCNC(=NCc1ccc(C)c(F)c1)N1CCN(c2cnn(C)c2)C(=O)C1.I. The first-order valence-electron chi connectivity index (χ1n) is 9.05. The number of amides is 1. The fraction of sp³-hybridized carbons (Fsp3) is 0.421. The van der Waals surface area contributed by atoms with Gasteiger partial charge in [0.1, 0.15) is 12.4 Å². The first-order valence-corrected chi connectivity index (χ1v) is 9.05. The molecule has 0 atom stereocenters. The van der Waals surface area contributed by atoms with Crippen molar-refractivity contribution in [2.75, 3.05) is 31.1 Å². The van der Waals surface area contributed by atoms with Gasteiger partial charge < -0.3 is 15.1 Å². The number of hydrogen-bond acceptors (Lipinski definition) is 3. The predicted molar refractivity (Wildman–Crippen MR) is 119 cm³/mol. The van der Waals surface area contributed by atoms with Gasteiger partial charge in [-0.1, -0.05) is 12.1 Å². The molecule has 2 aromatic rings. The van der Waals surface area contributed by atoms with E-state index in [-0.39, 0.29) is 42.2 Å². The van der Waals surface area contributed by atoms with E-state index in [1.807, 2.05) is 31.1 Å². The average molecular weight is 500 g/mol. The zero-order chi connectivity index (χ0) is 19.4. The lowest BCUT2D eigenvalue weighted by Gasteiger charge is -2.35. The normalized spacial score (nSPS) is 14.9. The highest BCUT2D eigenvalue weighted by Gasteiger charge is 2.27. The molecule has 0 spiro atoms. The zero-order valence-corrected chi connectivity index (χ0v) is 18.7. The largest absolute Gasteiger partial charge is 0.356 e. The molecule has 1 amide bonds. The van der Waals surface area contributed by atoms with Gasteiger partial charge in [0, 0.05) is 32.9 Å². The second-order valence-electron chi connectivity index (χ2n) is 6.59. The van der Waals surface area contributed by atoms with Gasteiger partial charge in [-0.05, 0) is 31.0 Å². The van der Waals surface area contributed by atoms with Crippen LogP contribution in [0, 0.1) is 12.7 Å². The van der Waals surface area contributed by atoms with Crippen LogP contribution in [0.25, 0.3) is 0 Å². The van der Waals surface area contributed by atoms with Crippen LogP contribution in [0.1, 0.15) is 18.1 Å². The van der Waals surface area contributed by atoms with Crippen molar-refractivity contribution in [3.63, 3.8) is 0 Å². The first kappa shape index (κ1) is 22.1. The average Bonchev–Trinajstić information content (AvgIpc) is 3.07. The molecule has 1 saturated heterocycles. The van der Waals surface area contributed by atoms with Crippen LogP contribution in [0.3, 0.4) is 0 Å². The van der Waals surface area contributed by atoms with Gasteiger partial charge >= 0.3 is 0 Å². The topological polar surface area (TPSA) is 65.8 Å². The van der Waals surface area contributed by atoms with Gasteiger partial charge in [-0.3, -0.25) is 9.48 Å². The second-order valence-corrected chi connectivity index (χ2v) is 6.59. The summed E-state index contributed by atoms with van der Waals surface area (Å²) in [6, 6.07) is 5.13. The summed E-state index contributed by atoms with van der Waals surface area (Å²) >= 11 is 0. The van der Waals surface area contributed by atoms with Crippen LogP contribution in [0.4, 0.5) is 10.1 Å². The van der Waals surface area contributed by atoms with Gasteiger partial charge in [0.2, 0.25) is 5.91 Å². The van der Waals surface area contributed by atoms with Crippen molar-refractivity contribution in [3.05, 3.63) is 47.5 Å². The number of piperazine rings is 1. The Hall–Kier alpha value is -2.17. The molecule has 3 rings (SSSR count). The first-order chi connectivity index (χ1) is 13.0. The Bertz CT molecular complexity index is 853. The zero-order valence-electron chi connectivity index (χ0n) is 16.4. The van der Waals surface area contributed by atoms with Gasteiger partial charge in [0.25, 0.3) is 0 Å². The van der Waals surface area contributed by atoms with E-state index < -0.39 is 0 Å². The molecule has 0 radical (unpaired) electrons. The number of hydrogen-bond donors (Lipinski definition) is 1. The number of carbonyl (C=O) groups is 1. The van der Waals surface area contributed by atoms with Crippen LogP contribution in [0.15, 0.2) is 35.6 Å². The summed E-state index contributed by atoms with van der Waals surface area (Å²) < 4.78 is 15.4. The van der Waals surface area contributed by atoms with Crippen LogP contribution in [-0.4, -0.2) is 52.7 Å². The number of halogens is 2. The Labute approximate surface area is 181 Å². The van der Waals surface area contributed by atoms with Gasteiger partial charge in [0.15, 0.2) is 5.96 Å². The standard InChI is InChI=1S/C19H25FN6O.HI/c1-4-21-19(22-10-15-6-5-14(2)17(20)9-15)25-7-8-26(18(27)13-25)16-11-23-24(3)12-16;/h5-6,9,11-12H,4,7-8,10,13H2,1-3H3,(H,21,22);1H. The summed E-state index contributed by atoms with van der Waals surface area (Å²) in [6.45, 7) is 6.23. The number of nitrogens with one attached hydrogen (secondary N) is 1. The molecule has 7 nitrogen and oxygen atoms in total. The van der Waals surface area contributed by atoms with Crippen molar-refractivity contribution < 1.29 is 9.18 Å². The molecule has 0 unspecified atom stereocenters. The molecule has 0 bridgehead atoms. The lowest BCUT2D eigenvalue weighted by Crippen LogP contribution is -2.55. The Balaban J connectivity index is 0.00000280. The van der Waals surface area contributed by atoms with E-state index >= 15 is 0 Å². The Morgan fingerprint density at radius 3 is 2.75 bits per heavy atom. The van der Waals surface area contributed by atoms with Crippen molar-refractivity contribution in [1.29, 1.82) is 0 Å². The number of rotatable bonds is 4. The lowest BCUT2D eigenvalue weighted by molar-refractivity contribution is -0.120. The number of aromatic nitrogens is 2. The summed E-state index contributed by atoms with van der Waals surface area (Å²) in [6.07, 6.45) is 3.53. The van der Waals surface area contributed by atoms with Crippen molar-refractivity contribution >= 4 is 41.5 Å². The molecule has 152 valence electrons. The minimum absolute atomic E-state index is 0. The van der Waals surface area contributed by atoms with Gasteiger partial charge in [-0.15, -0.1) is 24.0 Å². The fourth-order valence-corrected chi connectivity index (χ4v) is 3.00. The highest BCUT2D eigenvalue weighted by molar-refractivity contribution is 14.0. The van der Waals surface area contributed by atoms with Gasteiger partial charge in [-0.25, -0.2) is 9.38 Å². The highest BCUT2D eigenvalue weighted by Crippen LogP contribution is 2.16. The number of benzene rings is 1. The molecule has 1 aromatic heterocycles. The maximum Gasteiger partial charge on any atom is 0.246 e. The van der Waals surface area contributed by atoms with Crippen molar-refractivity contribution in [2.45, 2.75) is 20.4 Å². The Morgan fingerprint density at radius 2 is 2.14 bits per heavy atom. The highest BCUT2D eigenvalue weighted by atomic mass is 127. The molecule has 0 aliphatic carbocycles. The summed E-state index contributed by atoms with van der Waals surface area (Å²) in [5.74, 6) is 0.437. The van der Waals surface area contributed by atoms with E-state index in [9.17, 15) is 9.18 Å². The van der Waals surface area contributed by atoms with E-state index in [0.717, 1.165) is 11.3 Å². The van der Waals surface area contributed by atoms with Crippen LogP contribution < -0.4 is 10.2 Å². The maximum atomic E-state index is 13.7. The molecular formula is C19H26FIN6O. The van der Waals surface area contributed by atoms with Crippen LogP contribution in [-0.2, 0) is 18.4 Å². The van der Waals surface area contributed by atoms with E-state index in [1.54, 1.807) is 28.8 Å². The molecule has 1 aliphatic heterocycles. The maximum absolute atomic E-state index is 13.7. The monoisotopic (exact) mass is 500 g/mol. The van der Waals surface area contributed by atoms with Crippen molar-refractivity contribution in [2.24, 2.45) is 12.0 Å². The predicted octanol–water partition coefficient (Wildman–Crippen LogP) is 2.30. The van der Waals surface area contributed by atoms with E-state index in [2.05, 4.69) is 15.4 Å². The number of aryl methyl sites for hydroxylation is 2. The summed E-state index contributed by atoms with van der Waals surface area (Å²) in [4.78, 5) is 20.9. The third-order valence-corrected chi connectivity index (χ3v) is 4.51. The van der Waals surface area contributed by atoms with Gasteiger partial charge in [-0.2, -0.15) is 5.10 Å². The second kappa shape index (κ2) is 9.85. The van der Waals surface area contributed by atoms with Crippen molar-refractivity contribution in [3.8, 4) is 0 Å². The molecule has 1 aliphatic rings. The van der Waals surface area contributed by atoms with Crippen LogP contribution in [0.5, 0.6) is 0 Å². The van der Waals surface area contributed by atoms with E-state index in [4.69, 9.17) is 0 Å². The smallest absolute Gasteiger partial charge is 0.246 e. The molecule has 28 heavy (non-hydrogen) atoms.